The first-order valence-corrected chi connectivity index (χ1v) is 6.69. The van der Waals surface area contributed by atoms with Crippen molar-refractivity contribution in [3.63, 3.8) is 0 Å². The second-order valence-corrected chi connectivity index (χ2v) is 5.00. The van der Waals surface area contributed by atoms with Crippen LogP contribution < -0.4 is 0 Å². The van der Waals surface area contributed by atoms with Crippen LogP contribution in [0.4, 0.5) is 13.2 Å². The monoisotopic (exact) mass is 316 g/mol. The molecule has 1 aliphatic heterocycles. The van der Waals surface area contributed by atoms with Crippen molar-refractivity contribution in [2.24, 2.45) is 0 Å². The summed E-state index contributed by atoms with van der Waals surface area (Å²) in [6.45, 7) is 0. The second kappa shape index (κ2) is 5.32. The standard InChI is InChI=1S/C16H11F3N4/c1-23-9-10(16(17,18)19)6-7-14(23)11(8-20)15-21-12-4-2-3-5-13(12)22-15/h2-7,9H,1H3,(H,21,22)/b14-11+. The largest absolute Gasteiger partial charge is 0.417 e. The van der Waals surface area contributed by atoms with Gasteiger partial charge in [0.25, 0.3) is 0 Å². The number of alkyl halides is 3. The normalized spacial score (nSPS) is 17.2. The zero-order chi connectivity index (χ0) is 16.6. The van der Waals surface area contributed by atoms with E-state index in [9.17, 15) is 18.4 Å². The van der Waals surface area contributed by atoms with Gasteiger partial charge in [0.05, 0.1) is 22.3 Å². The van der Waals surface area contributed by atoms with E-state index < -0.39 is 11.7 Å². The highest BCUT2D eigenvalue weighted by Crippen LogP contribution is 2.32. The minimum absolute atomic E-state index is 0.178. The van der Waals surface area contributed by atoms with Gasteiger partial charge in [0.2, 0.25) is 0 Å². The fourth-order valence-corrected chi connectivity index (χ4v) is 2.34. The maximum Gasteiger partial charge on any atom is 0.417 e. The van der Waals surface area contributed by atoms with Crippen molar-refractivity contribution in [2.45, 2.75) is 6.18 Å². The number of imidazole rings is 1. The number of rotatable bonds is 1. The molecule has 0 amide bonds. The first-order valence-electron chi connectivity index (χ1n) is 6.69. The number of para-hydroxylation sites is 2. The summed E-state index contributed by atoms with van der Waals surface area (Å²) in [5.41, 5.74) is 1.19. The summed E-state index contributed by atoms with van der Waals surface area (Å²) in [5, 5.41) is 9.43. The van der Waals surface area contributed by atoms with Crippen LogP contribution in [0.25, 0.3) is 16.6 Å². The highest BCUT2D eigenvalue weighted by Gasteiger charge is 2.34. The molecular formula is C16H11F3N4. The predicted molar refractivity (Wildman–Crippen MR) is 79.7 cm³/mol. The van der Waals surface area contributed by atoms with Gasteiger partial charge in [-0.1, -0.05) is 12.1 Å². The van der Waals surface area contributed by atoms with Gasteiger partial charge in [0, 0.05) is 13.2 Å². The summed E-state index contributed by atoms with van der Waals surface area (Å²) >= 11 is 0. The van der Waals surface area contributed by atoms with E-state index in [0.717, 1.165) is 17.8 Å². The molecule has 0 unspecified atom stereocenters. The van der Waals surface area contributed by atoms with Crippen molar-refractivity contribution in [3.05, 3.63) is 59.7 Å². The average Bonchev–Trinajstić information content (AvgIpc) is 2.92. The molecule has 1 N–H and O–H groups in total. The number of aromatic nitrogens is 2. The van der Waals surface area contributed by atoms with Crippen LogP contribution in [-0.2, 0) is 0 Å². The molecule has 0 saturated carbocycles. The Morgan fingerprint density at radius 2 is 2.00 bits per heavy atom. The minimum Gasteiger partial charge on any atom is -0.349 e. The summed E-state index contributed by atoms with van der Waals surface area (Å²) in [4.78, 5) is 8.61. The van der Waals surface area contributed by atoms with Crippen molar-refractivity contribution >= 4 is 16.6 Å². The number of nitrogens with zero attached hydrogens (tertiary/aromatic N) is 3. The highest BCUT2D eigenvalue weighted by molar-refractivity contribution is 5.84. The van der Waals surface area contributed by atoms with E-state index in [1.807, 2.05) is 24.3 Å². The van der Waals surface area contributed by atoms with Gasteiger partial charge in [-0.15, -0.1) is 0 Å². The van der Waals surface area contributed by atoms with Gasteiger partial charge in [-0.05, 0) is 24.3 Å². The van der Waals surface area contributed by atoms with Gasteiger partial charge >= 0.3 is 6.18 Å². The van der Waals surface area contributed by atoms with Gasteiger partial charge in [-0.2, -0.15) is 18.4 Å². The van der Waals surface area contributed by atoms with Crippen LogP contribution in [0.5, 0.6) is 0 Å². The average molecular weight is 316 g/mol. The van der Waals surface area contributed by atoms with Crippen molar-refractivity contribution in [1.29, 1.82) is 5.26 Å². The van der Waals surface area contributed by atoms with Gasteiger partial charge in [0.15, 0.2) is 5.82 Å². The molecule has 0 radical (unpaired) electrons. The number of hydrogen-bond acceptors (Lipinski definition) is 3. The number of benzene rings is 1. The molecule has 0 fully saturated rings. The number of aromatic amines is 1. The van der Waals surface area contributed by atoms with Crippen LogP contribution in [0.3, 0.4) is 0 Å². The van der Waals surface area contributed by atoms with Gasteiger partial charge in [-0.3, -0.25) is 0 Å². The number of H-pyrrole nitrogens is 1. The number of halogens is 3. The quantitative estimate of drug-likeness (QED) is 0.815. The molecule has 1 aromatic carbocycles. The number of likely N-dealkylation sites (N-methyl/N-ethyl adjacent to an activating group) is 1. The molecule has 7 heteroatoms. The molecule has 1 aliphatic rings. The Kier molecular flexibility index (Phi) is 3.45. The third kappa shape index (κ3) is 2.71. The lowest BCUT2D eigenvalue weighted by Gasteiger charge is -2.23. The van der Waals surface area contributed by atoms with E-state index in [1.165, 1.54) is 18.0 Å². The first kappa shape index (κ1) is 14.9. The summed E-state index contributed by atoms with van der Waals surface area (Å²) in [6.07, 6.45) is -1.25. The fraction of sp³-hybridized carbons (Fsp3) is 0.125. The molecule has 2 heterocycles. The van der Waals surface area contributed by atoms with Gasteiger partial charge in [0.1, 0.15) is 11.6 Å². The van der Waals surface area contributed by atoms with Crippen LogP contribution in [-0.4, -0.2) is 28.1 Å². The van der Waals surface area contributed by atoms with E-state index in [2.05, 4.69) is 9.97 Å². The Balaban J connectivity index is 2.07. The Morgan fingerprint density at radius 3 is 2.61 bits per heavy atom. The molecule has 116 valence electrons. The Bertz CT molecular complexity index is 861. The summed E-state index contributed by atoms with van der Waals surface area (Å²) < 4.78 is 38.2. The zero-order valence-corrected chi connectivity index (χ0v) is 12.0. The van der Waals surface area contributed by atoms with Gasteiger partial charge in [-0.25, -0.2) is 4.98 Å². The molecule has 23 heavy (non-hydrogen) atoms. The van der Waals surface area contributed by atoms with Crippen LogP contribution >= 0.6 is 0 Å². The molecule has 0 saturated heterocycles. The van der Waals surface area contributed by atoms with Crippen LogP contribution in [0, 0.1) is 11.3 Å². The third-order valence-electron chi connectivity index (χ3n) is 3.45. The van der Waals surface area contributed by atoms with E-state index >= 15 is 0 Å². The summed E-state index contributed by atoms with van der Waals surface area (Å²) in [6, 6.07) is 9.26. The molecule has 4 nitrogen and oxygen atoms in total. The lowest BCUT2D eigenvalue weighted by Crippen LogP contribution is -2.20. The summed E-state index contributed by atoms with van der Waals surface area (Å²) in [5.74, 6) is 0.323. The number of hydrogen-bond donors (Lipinski definition) is 1. The molecule has 0 spiro atoms. The third-order valence-corrected chi connectivity index (χ3v) is 3.45. The molecule has 1 aromatic heterocycles. The zero-order valence-electron chi connectivity index (χ0n) is 12.0. The molecule has 2 aromatic rings. The number of fused-ring (bicyclic) bond motifs is 1. The lowest BCUT2D eigenvalue weighted by atomic mass is 10.1. The highest BCUT2D eigenvalue weighted by atomic mass is 19.4. The number of nitriles is 1. The van der Waals surface area contributed by atoms with Crippen molar-refractivity contribution in [3.8, 4) is 6.07 Å². The van der Waals surface area contributed by atoms with Crippen molar-refractivity contribution in [1.82, 2.24) is 14.9 Å². The minimum atomic E-state index is -4.43. The second-order valence-electron chi connectivity index (χ2n) is 5.00. The molecule has 0 aliphatic carbocycles. The maximum atomic E-state index is 12.7. The topological polar surface area (TPSA) is 55.7 Å². The van der Waals surface area contributed by atoms with Crippen LogP contribution in [0.2, 0.25) is 0 Å². The Labute approximate surface area is 129 Å². The van der Waals surface area contributed by atoms with E-state index in [0.29, 0.717) is 17.0 Å². The van der Waals surface area contributed by atoms with Gasteiger partial charge < -0.3 is 9.88 Å². The maximum absolute atomic E-state index is 12.7. The SMILES string of the molecule is CN1C=C(C(F)(F)F)C=C/C1=C(/C#N)c1nc2ccccc2[nH]1. The molecule has 0 bridgehead atoms. The Morgan fingerprint density at radius 1 is 1.26 bits per heavy atom. The number of nitrogens with one attached hydrogen (secondary N) is 1. The molecule has 0 atom stereocenters. The van der Waals surface area contributed by atoms with Crippen LogP contribution in [0.15, 0.2) is 53.9 Å². The van der Waals surface area contributed by atoms with Crippen molar-refractivity contribution in [2.75, 3.05) is 7.05 Å². The first-order chi connectivity index (χ1) is 10.9. The van der Waals surface area contributed by atoms with E-state index in [1.54, 1.807) is 6.07 Å². The summed E-state index contributed by atoms with van der Waals surface area (Å²) in [7, 11) is 1.46. The van der Waals surface area contributed by atoms with E-state index in [4.69, 9.17) is 0 Å². The van der Waals surface area contributed by atoms with Crippen molar-refractivity contribution < 1.29 is 13.2 Å². The van der Waals surface area contributed by atoms with E-state index in [-0.39, 0.29) is 5.57 Å². The fourth-order valence-electron chi connectivity index (χ4n) is 2.34. The lowest BCUT2D eigenvalue weighted by molar-refractivity contribution is -0.0892. The van der Waals surface area contributed by atoms with Crippen LogP contribution in [0.1, 0.15) is 5.82 Å². The molecular weight excluding hydrogens is 305 g/mol. The predicted octanol–water partition coefficient (Wildman–Crippen LogP) is 3.75. The number of allylic oxidation sites excluding steroid dienone is 4. The Hall–Kier alpha value is -3.01. The smallest absolute Gasteiger partial charge is 0.349 e. The molecule has 3 rings (SSSR count).